The molecule has 0 bridgehead atoms. The smallest absolute Gasteiger partial charge is 0.252 e. The number of aryl methyl sites for hydroxylation is 2. The molecule has 0 aliphatic rings. The van der Waals surface area contributed by atoms with E-state index >= 15 is 0 Å². The highest BCUT2D eigenvalue weighted by atomic mass is 35.5. The van der Waals surface area contributed by atoms with Gasteiger partial charge in [0.1, 0.15) is 0 Å². The van der Waals surface area contributed by atoms with Crippen LogP contribution in [0.2, 0.25) is 5.02 Å². The lowest BCUT2D eigenvalue weighted by molar-refractivity contribution is 0.0939. The van der Waals surface area contributed by atoms with E-state index in [9.17, 15) is 4.79 Å². The van der Waals surface area contributed by atoms with E-state index in [0.29, 0.717) is 10.6 Å². The molecule has 0 aliphatic heterocycles. The molecule has 0 fully saturated rings. The lowest BCUT2D eigenvalue weighted by Gasteiger charge is -2.16. The topological polar surface area (TPSA) is 29.1 Å². The number of hydrogen-bond donors (Lipinski definition) is 1. The van der Waals surface area contributed by atoms with E-state index in [1.165, 1.54) is 0 Å². The molecule has 2 rings (SSSR count). The molecule has 0 saturated heterocycles. The quantitative estimate of drug-likeness (QED) is 0.888. The maximum Gasteiger partial charge on any atom is 0.252 e. The first kappa shape index (κ1) is 14.6. The molecule has 2 aromatic rings. The van der Waals surface area contributed by atoms with Crippen LogP contribution >= 0.6 is 11.6 Å². The van der Waals surface area contributed by atoms with Crippen LogP contribution in [0.5, 0.6) is 0 Å². The summed E-state index contributed by atoms with van der Waals surface area (Å²) >= 11 is 6.15. The standard InChI is InChI=1S/C17H18ClNO/c1-11-8-9-12(2)15(10-11)17(20)19-13(3)14-6-4-5-7-16(14)18/h4-10,13H,1-3H3,(H,19,20). The molecule has 1 unspecified atom stereocenters. The van der Waals surface area contributed by atoms with Crippen molar-refractivity contribution in [3.63, 3.8) is 0 Å². The summed E-state index contributed by atoms with van der Waals surface area (Å²) in [6, 6.07) is 13.3. The van der Waals surface area contributed by atoms with Crippen molar-refractivity contribution in [2.24, 2.45) is 0 Å². The van der Waals surface area contributed by atoms with E-state index in [0.717, 1.165) is 16.7 Å². The van der Waals surface area contributed by atoms with Gasteiger partial charge in [-0.1, -0.05) is 47.5 Å². The lowest BCUT2D eigenvalue weighted by Crippen LogP contribution is -2.27. The second-order valence-corrected chi connectivity index (χ2v) is 5.44. The largest absolute Gasteiger partial charge is 0.345 e. The summed E-state index contributed by atoms with van der Waals surface area (Å²) in [5, 5.41) is 3.67. The van der Waals surface area contributed by atoms with Gasteiger partial charge in [0.2, 0.25) is 0 Å². The highest BCUT2D eigenvalue weighted by Crippen LogP contribution is 2.22. The molecule has 20 heavy (non-hydrogen) atoms. The van der Waals surface area contributed by atoms with Gasteiger partial charge in [-0.15, -0.1) is 0 Å². The third-order valence-corrected chi connectivity index (χ3v) is 3.70. The molecule has 0 spiro atoms. The van der Waals surface area contributed by atoms with Crippen molar-refractivity contribution >= 4 is 17.5 Å². The molecule has 1 N–H and O–H groups in total. The molecular weight excluding hydrogens is 270 g/mol. The highest BCUT2D eigenvalue weighted by Gasteiger charge is 2.15. The van der Waals surface area contributed by atoms with Crippen LogP contribution in [0.25, 0.3) is 0 Å². The fraction of sp³-hybridized carbons (Fsp3) is 0.235. The summed E-state index contributed by atoms with van der Waals surface area (Å²) in [7, 11) is 0. The summed E-state index contributed by atoms with van der Waals surface area (Å²) in [5.74, 6) is -0.0707. The Balaban J connectivity index is 2.20. The fourth-order valence-corrected chi connectivity index (χ4v) is 2.46. The number of carbonyl (C=O) groups is 1. The average molecular weight is 288 g/mol. The van der Waals surface area contributed by atoms with Crippen LogP contribution in [0.15, 0.2) is 42.5 Å². The number of carbonyl (C=O) groups excluding carboxylic acids is 1. The predicted molar refractivity (Wildman–Crippen MR) is 83.2 cm³/mol. The summed E-state index contributed by atoms with van der Waals surface area (Å²) < 4.78 is 0. The number of amides is 1. The van der Waals surface area contributed by atoms with Crippen molar-refractivity contribution in [1.29, 1.82) is 0 Å². The monoisotopic (exact) mass is 287 g/mol. The maximum absolute atomic E-state index is 12.4. The van der Waals surface area contributed by atoms with E-state index in [1.807, 2.05) is 63.2 Å². The molecule has 0 heterocycles. The molecule has 3 heteroatoms. The van der Waals surface area contributed by atoms with Crippen molar-refractivity contribution in [3.8, 4) is 0 Å². The van der Waals surface area contributed by atoms with Gasteiger partial charge < -0.3 is 5.32 Å². The van der Waals surface area contributed by atoms with E-state index in [-0.39, 0.29) is 11.9 Å². The van der Waals surface area contributed by atoms with Crippen LogP contribution in [0.1, 0.15) is 40.0 Å². The Morgan fingerprint density at radius 1 is 1.15 bits per heavy atom. The first-order valence-electron chi connectivity index (χ1n) is 6.61. The zero-order chi connectivity index (χ0) is 14.7. The summed E-state index contributed by atoms with van der Waals surface area (Å²) in [4.78, 5) is 12.4. The molecule has 1 atom stereocenters. The zero-order valence-electron chi connectivity index (χ0n) is 11.9. The number of halogens is 1. The van der Waals surface area contributed by atoms with Gasteiger partial charge in [-0.2, -0.15) is 0 Å². The van der Waals surface area contributed by atoms with Crippen LogP contribution in [0, 0.1) is 13.8 Å². The number of benzene rings is 2. The molecule has 1 amide bonds. The van der Waals surface area contributed by atoms with E-state index in [2.05, 4.69) is 5.32 Å². The molecular formula is C17H18ClNO. The second-order valence-electron chi connectivity index (χ2n) is 5.04. The SMILES string of the molecule is Cc1ccc(C)c(C(=O)NC(C)c2ccccc2Cl)c1. The van der Waals surface area contributed by atoms with Crippen molar-refractivity contribution in [2.75, 3.05) is 0 Å². The van der Waals surface area contributed by atoms with Gasteiger partial charge in [0.15, 0.2) is 0 Å². The molecule has 0 aliphatic carbocycles. The van der Waals surface area contributed by atoms with Crippen LogP contribution in [0.4, 0.5) is 0 Å². The first-order valence-corrected chi connectivity index (χ1v) is 6.99. The van der Waals surface area contributed by atoms with E-state index in [1.54, 1.807) is 0 Å². The number of rotatable bonds is 3. The third-order valence-electron chi connectivity index (χ3n) is 3.36. The van der Waals surface area contributed by atoms with E-state index in [4.69, 9.17) is 11.6 Å². The van der Waals surface area contributed by atoms with Crippen molar-refractivity contribution < 1.29 is 4.79 Å². The lowest BCUT2D eigenvalue weighted by atomic mass is 10.0. The normalized spacial score (nSPS) is 12.0. The molecule has 2 aromatic carbocycles. The number of hydrogen-bond acceptors (Lipinski definition) is 1. The van der Waals surface area contributed by atoms with Crippen molar-refractivity contribution in [3.05, 3.63) is 69.7 Å². The first-order chi connectivity index (χ1) is 9.49. The van der Waals surface area contributed by atoms with Crippen LogP contribution in [0.3, 0.4) is 0 Å². The van der Waals surface area contributed by atoms with Gasteiger partial charge in [0.25, 0.3) is 5.91 Å². The van der Waals surface area contributed by atoms with Crippen LogP contribution in [-0.2, 0) is 0 Å². The Labute approximate surface area is 124 Å². The van der Waals surface area contributed by atoms with Gasteiger partial charge in [-0.05, 0) is 44.0 Å². The van der Waals surface area contributed by atoms with Gasteiger partial charge in [-0.25, -0.2) is 0 Å². The Morgan fingerprint density at radius 2 is 1.85 bits per heavy atom. The van der Waals surface area contributed by atoms with Gasteiger partial charge in [-0.3, -0.25) is 4.79 Å². The van der Waals surface area contributed by atoms with Crippen LogP contribution < -0.4 is 5.32 Å². The Morgan fingerprint density at radius 3 is 2.55 bits per heavy atom. The van der Waals surface area contributed by atoms with Gasteiger partial charge >= 0.3 is 0 Å². The Hall–Kier alpha value is -1.80. The zero-order valence-corrected chi connectivity index (χ0v) is 12.7. The Bertz CT molecular complexity index is 637. The van der Waals surface area contributed by atoms with Crippen LogP contribution in [-0.4, -0.2) is 5.91 Å². The molecule has 2 nitrogen and oxygen atoms in total. The summed E-state index contributed by atoms with van der Waals surface area (Å²) in [6.07, 6.45) is 0. The summed E-state index contributed by atoms with van der Waals surface area (Å²) in [5.41, 5.74) is 3.68. The summed E-state index contributed by atoms with van der Waals surface area (Å²) in [6.45, 7) is 5.85. The van der Waals surface area contributed by atoms with E-state index < -0.39 is 0 Å². The minimum absolute atomic E-state index is 0.0707. The van der Waals surface area contributed by atoms with Crippen molar-refractivity contribution in [2.45, 2.75) is 26.8 Å². The van der Waals surface area contributed by atoms with Gasteiger partial charge in [0.05, 0.1) is 6.04 Å². The fourth-order valence-electron chi connectivity index (χ4n) is 2.16. The molecule has 104 valence electrons. The second kappa shape index (κ2) is 6.10. The van der Waals surface area contributed by atoms with Crippen molar-refractivity contribution in [1.82, 2.24) is 5.32 Å². The molecule has 0 saturated carbocycles. The third kappa shape index (κ3) is 3.20. The van der Waals surface area contributed by atoms with Gasteiger partial charge in [0, 0.05) is 10.6 Å². The minimum Gasteiger partial charge on any atom is -0.345 e. The maximum atomic E-state index is 12.4. The highest BCUT2D eigenvalue weighted by molar-refractivity contribution is 6.31. The minimum atomic E-state index is -0.129. The average Bonchev–Trinajstić information content (AvgIpc) is 2.41. The Kier molecular flexibility index (Phi) is 4.46. The molecule has 0 aromatic heterocycles. The number of nitrogens with one attached hydrogen (secondary N) is 1. The predicted octanol–water partition coefficient (Wildman–Crippen LogP) is 4.45. The molecule has 0 radical (unpaired) electrons.